The van der Waals surface area contributed by atoms with E-state index in [4.69, 9.17) is 4.74 Å². The molecule has 1 atom stereocenters. The van der Waals surface area contributed by atoms with Crippen LogP contribution in [-0.4, -0.2) is 54.8 Å². The third-order valence-electron chi connectivity index (χ3n) is 2.30. The highest BCUT2D eigenvalue weighted by Crippen LogP contribution is 2.06. The predicted octanol–water partition coefficient (Wildman–Crippen LogP) is 0.891. The summed E-state index contributed by atoms with van der Waals surface area (Å²) in [6.07, 6.45) is 3.81. The van der Waals surface area contributed by atoms with E-state index in [0.29, 0.717) is 6.61 Å². The van der Waals surface area contributed by atoms with Gasteiger partial charge in [0.2, 0.25) is 5.95 Å². The van der Waals surface area contributed by atoms with Gasteiger partial charge in [-0.05, 0) is 21.0 Å². The smallest absolute Gasteiger partial charge is 0.203 e. The molecule has 1 rings (SSSR count). The van der Waals surface area contributed by atoms with Crippen LogP contribution in [0.3, 0.4) is 0 Å². The third-order valence-corrected chi connectivity index (χ3v) is 2.30. The first kappa shape index (κ1) is 13.0. The molecular formula is C11H22N4O. The largest absolute Gasteiger partial charge is 0.383 e. The van der Waals surface area contributed by atoms with Gasteiger partial charge in [-0.1, -0.05) is 0 Å². The molecule has 1 aromatic heterocycles. The molecule has 0 bridgehead atoms. The van der Waals surface area contributed by atoms with Crippen molar-refractivity contribution in [2.24, 2.45) is 0 Å². The molecule has 0 aromatic carbocycles. The van der Waals surface area contributed by atoms with Crippen LogP contribution in [0.5, 0.6) is 0 Å². The van der Waals surface area contributed by atoms with E-state index in [0.717, 1.165) is 19.0 Å². The Hall–Kier alpha value is -1.07. The standard InChI is InChI=1S/C11H22N4O/c1-10(9-16-4)13-11-12-5-6-15(11)8-7-14(2)3/h5-6,10H,7-9H2,1-4H3,(H,12,13). The van der Waals surface area contributed by atoms with Crippen LogP contribution in [-0.2, 0) is 11.3 Å². The lowest BCUT2D eigenvalue weighted by Crippen LogP contribution is -2.24. The number of rotatable bonds is 7. The zero-order valence-corrected chi connectivity index (χ0v) is 10.6. The molecule has 5 heteroatoms. The number of nitrogens with one attached hydrogen (secondary N) is 1. The highest BCUT2D eigenvalue weighted by Gasteiger charge is 2.06. The Balaban J connectivity index is 2.49. The van der Waals surface area contributed by atoms with E-state index in [1.807, 2.05) is 12.4 Å². The van der Waals surface area contributed by atoms with Crippen LogP contribution in [0.25, 0.3) is 0 Å². The monoisotopic (exact) mass is 226 g/mol. The van der Waals surface area contributed by atoms with Gasteiger partial charge >= 0.3 is 0 Å². The van der Waals surface area contributed by atoms with Crippen molar-refractivity contribution in [3.05, 3.63) is 12.4 Å². The number of hydrogen-bond acceptors (Lipinski definition) is 4. The maximum Gasteiger partial charge on any atom is 0.203 e. The Morgan fingerprint density at radius 2 is 2.31 bits per heavy atom. The van der Waals surface area contributed by atoms with Gasteiger partial charge in [-0.25, -0.2) is 4.98 Å². The van der Waals surface area contributed by atoms with Crippen molar-refractivity contribution >= 4 is 5.95 Å². The molecule has 1 N–H and O–H groups in total. The first-order chi connectivity index (χ1) is 7.63. The van der Waals surface area contributed by atoms with Crippen molar-refractivity contribution in [3.63, 3.8) is 0 Å². The molecule has 1 heterocycles. The van der Waals surface area contributed by atoms with Crippen molar-refractivity contribution < 1.29 is 4.74 Å². The molecular weight excluding hydrogens is 204 g/mol. The van der Waals surface area contributed by atoms with Crippen LogP contribution in [0.4, 0.5) is 5.95 Å². The van der Waals surface area contributed by atoms with E-state index < -0.39 is 0 Å². The van der Waals surface area contributed by atoms with Gasteiger partial charge in [-0.2, -0.15) is 0 Å². The molecule has 92 valence electrons. The number of nitrogens with zero attached hydrogens (tertiary/aromatic N) is 3. The molecule has 1 unspecified atom stereocenters. The average molecular weight is 226 g/mol. The lowest BCUT2D eigenvalue weighted by atomic mass is 10.4. The summed E-state index contributed by atoms with van der Waals surface area (Å²) in [5.74, 6) is 0.909. The molecule has 0 fully saturated rings. The lowest BCUT2D eigenvalue weighted by molar-refractivity contribution is 0.190. The molecule has 1 aromatic rings. The first-order valence-corrected chi connectivity index (χ1v) is 5.55. The second kappa shape index (κ2) is 6.50. The Kier molecular flexibility index (Phi) is 5.28. The highest BCUT2D eigenvalue weighted by molar-refractivity contribution is 5.27. The van der Waals surface area contributed by atoms with Gasteiger partial charge in [0.15, 0.2) is 0 Å². The SMILES string of the molecule is COCC(C)Nc1nccn1CCN(C)C. The van der Waals surface area contributed by atoms with Gasteiger partial charge in [0.05, 0.1) is 6.61 Å². The second-order valence-electron chi connectivity index (χ2n) is 4.25. The highest BCUT2D eigenvalue weighted by atomic mass is 16.5. The summed E-state index contributed by atoms with van der Waals surface area (Å²) in [6, 6.07) is 0.269. The quantitative estimate of drug-likeness (QED) is 0.750. The molecule has 16 heavy (non-hydrogen) atoms. The van der Waals surface area contributed by atoms with E-state index >= 15 is 0 Å². The van der Waals surface area contributed by atoms with E-state index in [-0.39, 0.29) is 6.04 Å². The molecule has 0 aliphatic rings. The molecule has 0 aliphatic carbocycles. The Bertz CT molecular complexity index is 298. The zero-order valence-electron chi connectivity index (χ0n) is 10.6. The topological polar surface area (TPSA) is 42.3 Å². The average Bonchev–Trinajstić information content (AvgIpc) is 2.62. The number of methoxy groups -OCH3 is 1. The van der Waals surface area contributed by atoms with Gasteiger partial charge in [0, 0.05) is 38.6 Å². The fraction of sp³-hybridized carbons (Fsp3) is 0.727. The minimum absolute atomic E-state index is 0.269. The molecule has 0 saturated heterocycles. The normalized spacial score (nSPS) is 13.1. The fourth-order valence-corrected chi connectivity index (χ4v) is 1.45. The van der Waals surface area contributed by atoms with E-state index in [9.17, 15) is 0 Å². The van der Waals surface area contributed by atoms with Crippen LogP contribution < -0.4 is 5.32 Å². The Labute approximate surface area is 97.4 Å². The number of likely N-dealkylation sites (N-methyl/N-ethyl adjacent to an activating group) is 1. The summed E-state index contributed by atoms with van der Waals surface area (Å²) in [6.45, 7) is 4.70. The third kappa shape index (κ3) is 4.20. The fourth-order valence-electron chi connectivity index (χ4n) is 1.45. The van der Waals surface area contributed by atoms with Crippen LogP contribution in [0.2, 0.25) is 0 Å². The molecule has 0 amide bonds. The number of aromatic nitrogens is 2. The maximum atomic E-state index is 5.08. The minimum atomic E-state index is 0.269. The summed E-state index contributed by atoms with van der Waals surface area (Å²) >= 11 is 0. The second-order valence-corrected chi connectivity index (χ2v) is 4.25. The van der Waals surface area contributed by atoms with Gasteiger partial charge in [-0.3, -0.25) is 0 Å². The maximum absolute atomic E-state index is 5.08. The number of imidazole rings is 1. The molecule has 5 nitrogen and oxygen atoms in total. The Morgan fingerprint density at radius 1 is 1.56 bits per heavy atom. The summed E-state index contributed by atoms with van der Waals surface area (Å²) in [5, 5.41) is 3.32. The van der Waals surface area contributed by atoms with Crippen molar-refractivity contribution in [1.29, 1.82) is 0 Å². The van der Waals surface area contributed by atoms with Crippen LogP contribution in [0, 0.1) is 0 Å². The molecule has 0 spiro atoms. The van der Waals surface area contributed by atoms with Crippen LogP contribution in [0.1, 0.15) is 6.92 Å². The van der Waals surface area contributed by atoms with Crippen molar-refractivity contribution in [1.82, 2.24) is 14.5 Å². The summed E-state index contributed by atoms with van der Waals surface area (Å²) in [5.41, 5.74) is 0. The van der Waals surface area contributed by atoms with Crippen LogP contribution >= 0.6 is 0 Å². The number of anilines is 1. The van der Waals surface area contributed by atoms with Crippen molar-refractivity contribution in [2.45, 2.75) is 19.5 Å². The van der Waals surface area contributed by atoms with E-state index in [2.05, 4.69) is 40.8 Å². The van der Waals surface area contributed by atoms with Crippen LogP contribution in [0.15, 0.2) is 12.4 Å². The molecule has 0 radical (unpaired) electrons. The van der Waals surface area contributed by atoms with E-state index in [1.165, 1.54) is 0 Å². The Morgan fingerprint density at radius 3 is 2.94 bits per heavy atom. The van der Waals surface area contributed by atoms with Crippen molar-refractivity contribution in [3.8, 4) is 0 Å². The van der Waals surface area contributed by atoms with Gasteiger partial charge in [0.25, 0.3) is 0 Å². The lowest BCUT2D eigenvalue weighted by Gasteiger charge is -2.16. The number of hydrogen-bond donors (Lipinski definition) is 1. The zero-order chi connectivity index (χ0) is 12.0. The van der Waals surface area contributed by atoms with Gasteiger partial charge in [-0.15, -0.1) is 0 Å². The summed E-state index contributed by atoms with van der Waals surface area (Å²) in [7, 11) is 5.84. The first-order valence-electron chi connectivity index (χ1n) is 5.55. The summed E-state index contributed by atoms with van der Waals surface area (Å²) in [4.78, 5) is 6.45. The van der Waals surface area contributed by atoms with Gasteiger partial charge in [0.1, 0.15) is 0 Å². The number of ether oxygens (including phenoxy) is 1. The summed E-state index contributed by atoms with van der Waals surface area (Å²) < 4.78 is 7.20. The molecule has 0 saturated carbocycles. The van der Waals surface area contributed by atoms with E-state index in [1.54, 1.807) is 7.11 Å². The minimum Gasteiger partial charge on any atom is -0.383 e. The van der Waals surface area contributed by atoms with Crippen molar-refractivity contribution in [2.75, 3.05) is 39.7 Å². The van der Waals surface area contributed by atoms with Gasteiger partial charge < -0.3 is 19.5 Å². The molecule has 0 aliphatic heterocycles. The predicted molar refractivity (Wildman–Crippen MR) is 65.7 cm³/mol.